The minimum Gasteiger partial charge on any atom is -0.355 e. The number of pyridine rings is 1. The van der Waals surface area contributed by atoms with Crippen LogP contribution >= 0.6 is 24.0 Å². The highest BCUT2D eigenvalue weighted by Crippen LogP contribution is 2.14. The van der Waals surface area contributed by atoms with Gasteiger partial charge in [-0.15, -0.1) is 24.0 Å². The van der Waals surface area contributed by atoms with Crippen LogP contribution in [0.3, 0.4) is 0 Å². The molecule has 1 aromatic rings. The molecule has 2 aliphatic heterocycles. The maximum Gasteiger partial charge on any atom is 0.193 e. The Kier molecular flexibility index (Phi) is 7.54. The molecule has 0 spiro atoms. The van der Waals surface area contributed by atoms with Gasteiger partial charge in [-0.25, -0.2) is 4.98 Å². The molecule has 0 aliphatic carbocycles. The van der Waals surface area contributed by atoms with Gasteiger partial charge in [0.2, 0.25) is 0 Å². The van der Waals surface area contributed by atoms with Gasteiger partial charge in [0.25, 0.3) is 0 Å². The summed E-state index contributed by atoms with van der Waals surface area (Å²) in [6.45, 7) is 6.15. The Hall–Kier alpha value is -1.09. The maximum atomic E-state index is 4.47. The van der Waals surface area contributed by atoms with Gasteiger partial charge in [-0.3, -0.25) is 4.99 Å². The first kappa shape index (κ1) is 19.2. The molecule has 7 heteroatoms. The summed E-state index contributed by atoms with van der Waals surface area (Å²) in [6.07, 6.45) is 4.46. The number of rotatable bonds is 3. The number of hydrogen-bond acceptors (Lipinski definition) is 4. The number of likely N-dealkylation sites (N-methyl/N-ethyl adjacent to an activating group) is 1. The second-order valence-corrected chi connectivity index (χ2v) is 6.37. The predicted molar refractivity (Wildman–Crippen MR) is 110 cm³/mol. The Morgan fingerprint density at radius 2 is 2.04 bits per heavy atom. The fraction of sp³-hybridized carbons (Fsp3) is 0.647. The molecule has 0 aromatic carbocycles. The highest BCUT2D eigenvalue weighted by Gasteiger charge is 2.23. The predicted octanol–water partition coefficient (Wildman–Crippen LogP) is 1.49. The Labute approximate surface area is 162 Å². The number of nitrogens with zero attached hydrogens (tertiary/aromatic N) is 5. The molecule has 134 valence electrons. The number of aliphatic imine (C=N–C) groups is 1. The van der Waals surface area contributed by atoms with E-state index in [0.717, 1.165) is 44.5 Å². The number of guanidine groups is 1. The molecule has 0 amide bonds. The summed E-state index contributed by atoms with van der Waals surface area (Å²) in [5.74, 6) is 2.11. The van der Waals surface area contributed by atoms with Crippen molar-refractivity contribution >= 4 is 35.8 Å². The van der Waals surface area contributed by atoms with Crippen LogP contribution in [0.15, 0.2) is 29.4 Å². The van der Waals surface area contributed by atoms with E-state index in [2.05, 4.69) is 43.1 Å². The molecule has 0 bridgehead atoms. The van der Waals surface area contributed by atoms with Crippen molar-refractivity contribution < 1.29 is 0 Å². The molecule has 6 nitrogen and oxygen atoms in total. The Balaban J connectivity index is 0.00000208. The van der Waals surface area contributed by atoms with Crippen LogP contribution in [-0.4, -0.2) is 80.1 Å². The number of aromatic nitrogens is 1. The third kappa shape index (κ3) is 4.72. The first-order chi connectivity index (χ1) is 11.3. The lowest BCUT2D eigenvalue weighted by molar-refractivity contribution is 0.303. The highest BCUT2D eigenvalue weighted by molar-refractivity contribution is 14.0. The summed E-state index contributed by atoms with van der Waals surface area (Å²) in [4.78, 5) is 16.1. The van der Waals surface area contributed by atoms with Gasteiger partial charge in [0.15, 0.2) is 5.96 Å². The van der Waals surface area contributed by atoms with Crippen LogP contribution in [0, 0.1) is 0 Å². The van der Waals surface area contributed by atoms with E-state index in [1.807, 2.05) is 25.4 Å². The van der Waals surface area contributed by atoms with Gasteiger partial charge in [0.1, 0.15) is 5.82 Å². The zero-order valence-corrected chi connectivity index (χ0v) is 17.0. The van der Waals surface area contributed by atoms with Crippen LogP contribution < -0.4 is 10.2 Å². The minimum atomic E-state index is 0. The fourth-order valence-corrected chi connectivity index (χ4v) is 3.47. The van der Waals surface area contributed by atoms with Crippen molar-refractivity contribution in [2.45, 2.75) is 18.9 Å². The second kappa shape index (κ2) is 9.41. The van der Waals surface area contributed by atoms with Gasteiger partial charge in [-0.05, 0) is 38.6 Å². The maximum absolute atomic E-state index is 4.47. The summed E-state index contributed by atoms with van der Waals surface area (Å²) in [7, 11) is 4.10. The van der Waals surface area contributed by atoms with Gasteiger partial charge in [-0.1, -0.05) is 6.07 Å². The van der Waals surface area contributed by atoms with Crippen molar-refractivity contribution in [1.82, 2.24) is 20.1 Å². The summed E-state index contributed by atoms with van der Waals surface area (Å²) in [6, 6.07) is 6.74. The van der Waals surface area contributed by atoms with E-state index in [1.54, 1.807) is 0 Å². The van der Waals surface area contributed by atoms with E-state index < -0.39 is 0 Å². The highest BCUT2D eigenvalue weighted by atomic mass is 127. The zero-order valence-electron chi connectivity index (χ0n) is 14.7. The smallest absolute Gasteiger partial charge is 0.193 e. The van der Waals surface area contributed by atoms with E-state index in [1.165, 1.54) is 19.4 Å². The Morgan fingerprint density at radius 1 is 1.25 bits per heavy atom. The number of hydrogen-bond donors (Lipinski definition) is 1. The number of nitrogens with one attached hydrogen (secondary N) is 1. The summed E-state index contributed by atoms with van der Waals surface area (Å²) < 4.78 is 0. The molecule has 3 rings (SSSR count). The van der Waals surface area contributed by atoms with Crippen molar-refractivity contribution in [2.24, 2.45) is 4.99 Å². The molecule has 24 heavy (non-hydrogen) atoms. The largest absolute Gasteiger partial charge is 0.355 e. The number of likely N-dealkylation sites (tertiary alicyclic amines) is 1. The molecule has 3 heterocycles. The van der Waals surface area contributed by atoms with Crippen molar-refractivity contribution in [3.63, 3.8) is 0 Å². The zero-order chi connectivity index (χ0) is 16.1. The van der Waals surface area contributed by atoms with Crippen molar-refractivity contribution in [2.75, 3.05) is 58.3 Å². The Bertz CT molecular complexity index is 515. The standard InChI is InChI=1S/C17H28N6.HI/c1-18-17(20-14-15-6-5-9-21(15)2)23-12-10-22(11-13-23)16-7-3-4-8-19-16;/h3-4,7-8,15H,5-6,9-14H2,1-2H3,(H,18,20);1H. The van der Waals surface area contributed by atoms with Crippen LogP contribution in [0.5, 0.6) is 0 Å². The number of halogens is 1. The first-order valence-electron chi connectivity index (χ1n) is 8.60. The molecule has 1 unspecified atom stereocenters. The lowest BCUT2D eigenvalue weighted by Crippen LogP contribution is -2.54. The molecule has 1 aromatic heterocycles. The topological polar surface area (TPSA) is 47.0 Å². The van der Waals surface area contributed by atoms with Crippen LogP contribution in [0.25, 0.3) is 0 Å². The van der Waals surface area contributed by atoms with E-state index in [9.17, 15) is 0 Å². The van der Waals surface area contributed by atoms with Gasteiger partial charge < -0.3 is 20.0 Å². The molecule has 2 aliphatic rings. The molecule has 1 N–H and O–H groups in total. The molecule has 0 radical (unpaired) electrons. The lowest BCUT2D eigenvalue weighted by Gasteiger charge is -2.37. The SMILES string of the molecule is CN=C(NCC1CCCN1C)N1CCN(c2ccccn2)CC1.I. The lowest BCUT2D eigenvalue weighted by atomic mass is 10.2. The van der Waals surface area contributed by atoms with Gasteiger partial charge in [-0.2, -0.15) is 0 Å². The molecule has 2 fully saturated rings. The van der Waals surface area contributed by atoms with Crippen LogP contribution in [-0.2, 0) is 0 Å². The monoisotopic (exact) mass is 444 g/mol. The first-order valence-corrected chi connectivity index (χ1v) is 8.60. The van der Waals surface area contributed by atoms with Gasteiger partial charge in [0.05, 0.1) is 0 Å². The van der Waals surface area contributed by atoms with E-state index in [0.29, 0.717) is 6.04 Å². The fourth-order valence-electron chi connectivity index (χ4n) is 3.47. The quantitative estimate of drug-likeness (QED) is 0.435. The molecule has 0 saturated carbocycles. The molecular formula is C17H29IN6. The summed E-state index contributed by atoms with van der Waals surface area (Å²) in [5.41, 5.74) is 0. The summed E-state index contributed by atoms with van der Waals surface area (Å²) >= 11 is 0. The van der Waals surface area contributed by atoms with E-state index in [4.69, 9.17) is 0 Å². The van der Waals surface area contributed by atoms with Crippen molar-refractivity contribution in [3.05, 3.63) is 24.4 Å². The molecular weight excluding hydrogens is 415 g/mol. The third-order valence-electron chi connectivity index (χ3n) is 4.93. The molecule has 2 saturated heterocycles. The third-order valence-corrected chi connectivity index (χ3v) is 4.93. The average Bonchev–Trinajstić information content (AvgIpc) is 3.02. The van der Waals surface area contributed by atoms with E-state index in [-0.39, 0.29) is 24.0 Å². The van der Waals surface area contributed by atoms with Crippen LogP contribution in [0.4, 0.5) is 5.82 Å². The second-order valence-electron chi connectivity index (χ2n) is 6.37. The van der Waals surface area contributed by atoms with Gasteiger partial charge >= 0.3 is 0 Å². The number of piperazine rings is 1. The summed E-state index contributed by atoms with van der Waals surface area (Å²) in [5, 5.41) is 3.57. The normalized spacial score (nSPS) is 22.4. The van der Waals surface area contributed by atoms with Crippen molar-refractivity contribution in [3.8, 4) is 0 Å². The Morgan fingerprint density at radius 3 is 2.62 bits per heavy atom. The average molecular weight is 444 g/mol. The number of anilines is 1. The van der Waals surface area contributed by atoms with Gasteiger partial charge in [0, 0.05) is 52.0 Å². The molecule has 1 atom stereocenters. The minimum absolute atomic E-state index is 0. The van der Waals surface area contributed by atoms with Crippen molar-refractivity contribution in [1.29, 1.82) is 0 Å². The van der Waals surface area contributed by atoms with Crippen LogP contribution in [0.1, 0.15) is 12.8 Å². The van der Waals surface area contributed by atoms with E-state index >= 15 is 0 Å². The van der Waals surface area contributed by atoms with Crippen LogP contribution in [0.2, 0.25) is 0 Å².